The van der Waals surface area contributed by atoms with E-state index in [1.165, 1.54) is 0 Å². The van der Waals surface area contributed by atoms with Crippen molar-refractivity contribution < 1.29 is 9.53 Å². The van der Waals surface area contributed by atoms with E-state index in [-0.39, 0.29) is 30.7 Å². The molecule has 3 N–H and O–H groups in total. The van der Waals surface area contributed by atoms with Crippen LogP contribution in [0.3, 0.4) is 0 Å². The molecule has 146 valence electrons. The summed E-state index contributed by atoms with van der Waals surface area (Å²) in [6, 6.07) is 11.1. The van der Waals surface area contributed by atoms with Gasteiger partial charge in [-0.3, -0.25) is 4.79 Å². The van der Waals surface area contributed by atoms with Crippen molar-refractivity contribution in [3.05, 3.63) is 42.0 Å². The maximum absolute atomic E-state index is 12.6. The number of carbonyl (C=O) groups excluding carboxylic acids is 1. The minimum atomic E-state index is -0.151. The molecule has 0 fully saturated rings. The topological polar surface area (TPSA) is 80.5 Å². The number of nitrogen functional groups attached to an aromatic ring is 1. The molecule has 0 atom stereocenters. The van der Waals surface area contributed by atoms with Crippen molar-refractivity contribution in [1.29, 1.82) is 0 Å². The summed E-state index contributed by atoms with van der Waals surface area (Å²) >= 11 is 0. The number of amides is 1. The second-order valence-electron chi connectivity index (χ2n) is 6.17. The molecule has 27 heavy (non-hydrogen) atoms. The summed E-state index contributed by atoms with van der Waals surface area (Å²) in [6.45, 7) is 1.34. The lowest BCUT2D eigenvalue weighted by atomic mass is 10.0. The number of halogens is 2. The largest absolute Gasteiger partial charge is 0.497 e. The average molecular weight is 411 g/mol. The van der Waals surface area contributed by atoms with Gasteiger partial charge >= 0.3 is 0 Å². The Balaban J connectivity index is 0.00000182. The maximum atomic E-state index is 12.6. The van der Waals surface area contributed by atoms with Crippen LogP contribution in [0.5, 0.6) is 5.75 Å². The summed E-state index contributed by atoms with van der Waals surface area (Å²) < 4.78 is 5.26. The fourth-order valence-electron chi connectivity index (χ4n) is 2.78. The number of likely N-dealkylation sites (N-methyl/N-ethyl adjacent to an activating group) is 1. The molecule has 0 aliphatic carbocycles. The van der Waals surface area contributed by atoms with Crippen LogP contribution in [0.15, 0.2) is 36.4 Å². The normalized spacial score (nSPS) is 10.4. The van der Waals surface area contributed by atoms with Gasteiger partial charge in [-0.25, -0.2) is 4.98 Å². The lowest BCUT2D eigenvalue weighted by Crippen LogP contribution is -2.31. The van der Waals surface area contributed by atoms with Gasteiger partial charge in [-0.2, -0.15) is 0 Å². The van der Waals surface area contributed by atoms with Crippen molar-refractivity contribution in [3.63, 3.8) is 0 Å². The molecule has 0 saturated heterocycles. The van der Waals surface area contributed by atoms with Crippen molar-refractivity contribution in [1.82, 2.24) is 15.2 Å². The number of hydrogen-bond donors (Lipinski definition) is 2. The Morgan fingerprint density at radius 3 is 2.59 bits per heavy atom. The van der Waals surface area contributed by atoms with Gasteiger partial charge in [0.15, 0.2) is 0 Å². The molecule has 0 aliphatic heterocycles. The first-order chi connectivity index (χ1) is 12.0. The molecule has 0 unspecified atom stereocenters. The lowest BCUT2D eigenvalue weighted by Gasteiger charge is -2.13. The van der Waals surface area contributed by atoms with Crippen LogP contribution in [-0.4, -0.2) is 50.1 Å². The van der Waals surface area contributed by atoms with Gasteiger partial charge in [0, 0.05) is 29.9 Å². The zero-order chi connectivity index (χ0) is 18.0. The Kier molecular flexibility index (Phi) is 8.09. The van der Waals surface area contributed by atoms with Crippen molar-refractivity contribution in [2.45, 2.75) is 0 Å². The lowest BCUT2D eigenvalue weighted by molar-refractivity contribution is 0.0952. The summed E-state index contributed by atoms with van der Waals surface area (Å²) in [7, 11) is 5.53. The molecule has 8 heteroatoms. The van der Waals surface area contributed by atoms with E-state index in [0.717, 1.165) is 17.3 Å². The van der Waals surface area contributed by atoms with Crippen LogP contribution in [0.4, 0.5) is 5.69 Å². The van der Waals surface area contributed by atoms with Crippen LogP contribution < -0.4 is 15.8 Å². The Morgan fingerprint density at radius 2 is 1.93 bits per heavy atom. The van der Waals surface area contributed by atoms with E-state index in [2.05, 4.69) is 10.3 Å². The molecule has 3 rings (SSSR count). The molecule has 6 nitrogen and oxygen atoms in total. The zero-order valence-corrected chi connectivity index (χ0v) is 17.1. The van der Waals surface area contributed by atoms with Crippen LogP contribution in [0.2, 0.25) is 0 Å². The highest BCUT2D eigenvalue weighted by atomic mass is 35.5. The molecule has 0 radical (unpaired) electrons. The van der Waals surface area contributed by atoms with E-state index in [9.17, 15) is 4.79 Å². The number of aromatic nitrogens is 1. The molecule has 0 bridgehead atoms. The third-order valence-electron chi connectivity index (χ3n) is 4.14. The molecular formula is C19H24Cl2N4O2. The molecule has 0 saturated carbocycles. The molecule has 0 aliphatic rings. The van der Waals surface area contributed by atoms with Gasteiger partial charge in [-0.15, -0.1) is 24.8 Å². The number of nitrogens with one attached hydrogen (secondary N) is 1. The van der Waals surface area contributed by atoms with Crippen molar-refractivity contribution in [2.24, 2.45) is 0 Å². The Labute approximate surface area is 170 Å². The zero-order valence-electron chi connectivity index (χ0n) is 15.5. The fraction of sp³-hybridized carbons (Fsp3) is 0.263. The Bertz CT molecular complexity index is 948. The second kappa shape index (κ2) is 9.60. The van der Waals surface area contributed by atoms with Crippen LogP contribution >= 0.6 is 24.8 Å². The first-order valence-electron chi connectivity index (χ1n) is 8.10. The number of methoxy groups -OCH3 is 1. The van der Waals surface area contributed by atoms with E-state index in [1.54, 1.807) is 13.2 Å². The minimum Gasteiger partial charge on any atom is -0.497 e. The number of pyridine rings is 1. The highest BCUT2D eigenvalue weighted by Gasteiger charge is 2.15. The van der Waals surface area contributed by atoms with Crippen molar-refractivity contribution >= 4 is 58.2 Å². The standard InChI is InChI=1S/C19H22N4O2.2ClH/c1-23(2)10-9-21-19(24)15-6-4-5-14-17(20)13-8-7-12(25-3)11-16(13)22-18(14)15;;/h4-8,11H,9-10H2,1-3H3,(H2,20,22)(H,21,24);2*1H. The van der Waals surface area contributed by atoms with Gasteiger partial charge < -0.3 is 20.7 Å². The number of hydrogen-bond acceptors (Lipinski definition) is 5. The number of para-hydroxylation sites is 1. The molecule has 1 aromatic heterocycles. The molecule has 0 spiro atoms. The highest BCUT2D eigenvalue weighted by molar-refractivity contribution is 6.13. The SMILES string of the molecule is COc1ccc2c(N)c3cccc(C(=O)NCCN(C)C)c3nc2c1.Cl.Cl. The molecule has 2 aromatic carbocycles. The molecule has 1 heterocycles. The minimum absolute atomic E-state index is 0. The fourth-order valence-corrected chi connectivity index (χ4v) is 2.78. The van der Waals surface area contributed by atoms with Crippen molar-refractivity contribution in [2.75, 3.05) is 40.0 Å². The Morgan fingerprint density at radius 1 is 1.19 bits per heavy atom. The van der Waals surface area contributed by atoms with E-state index in [0.29, 0.717) is 34.6 Å². The number of rotatable bonds is 5. The number of carbonyl (C=O) groups is 1. The summed E-state index contributed by atoms with van der Waals surface area (Å²) in [4.78, 5) is 19.3. The van der Waals surface area contributed by atoms with Crippen LogP contribution in [0.25, 0.3) is 21.8 Å². The predicted molar refractivity (Wildman–Crippen MR) is 116 cm³/mol. The van der Waals surface area contributed by atoms with Crippen LogP contribution in [0, 0.1) is 0 Å². The van der Waals surface area contributed by atoms with Crippen LogP contribution in [-0.2, 0) is 0 Å². The van der Waals surface area contributed by atoms with Gasteiger partial charge in [0.2, 0.25) is 0 Å². The third kappa shape index (κ3) is 4.71. The van der Waals surface area contributed by atoms with Crippen LogP contribution in [0.1, 0.15) is 10.4 Å². The van der Waals surface area contributed by atoms with E-state index < -0.39 is 0 Å². The first kappa shape index (κ1) is 22.8. The monoisotopic (exact) mass is 410 g/mol. The van der Waals surface area contributed by atoms with E-state index in [4.69, 9.17) is 10.5 Å². The Hall–Kier alpha value is -2.28. The third-order valence-corrected chi connectivity index (χ3v) is 4.14. The number of anilines is 1. The van der Waals surface area contributed by atoms with Gasteiger partial charge in [0.25, 0.3) is 5.91 Å². The number of ether oxygens (including phenoxy) is 1. The molecular weight excluding hydrogens is 387 g/mol. The number of nitrogens with zero attached hydrogens (tertiary/aromatic N) is 2. The smallest absolute Gasteiger partial charge is 0.253 e. The van der Waals surface area contributed by atoms with E-state index in [1.807, 2.05) is 49.3 Å². The van der Waals surface area contributed by atoms with E-state index >= 15 is 0 Å². The highest BCUT2D eigenvalue weighted by Crippen LogP contribution is 2.31. The summed E-state index contributed by atoms with van der Waals surface area (Å²) in [5.41, 5.74) is 8.78. The summed E-state index contributed by atoms with van der Waals surface area (Å²) in [5.74, 6) is 0.549. The number of fused-ring (bicyclic) bond motifs is 2. The van der Waals surface area contributed by atoms with Gasteiger partial charge in [0.1, 0.15) is 5.75 Å². The predicted octanol–water partition coefficient (Wildman–Crippen LogP) is 3.11. The first-order valence-corrected chi connectivity index (χ1v) is 8.10. The molecule has 3 aromatic rings. The number of nitrogens with two attached hydrogens (primary N) is 1. The van der Waals surface area contributed by atoms with Gasteiger partial charge in [-0.05, 0) is 32.3 Å². The average Bonchev–Trinajstić information content (AvgIpc) is 2.60. The summed E-state index contributed by atoms with van der Waals surface area (Å²) in [6.07, 6.45) is 0. The number of benzene rings is 2. The maximum Gasteiger partial charge on any atom is 0.253 e. The second-order valence-corrected chi connectivity index (χ2v) is 6.17. The quantitative estimate of drug-likeness (QED) is 0.631. The summed E-state index contributed by atoms with van der Waals surface area (Å²) in [5, 5.41) is 4.55. The van der Waals surface area contributed by atoms with Gasteiger partial charge in [-0.1, -0.05) is 12.1 Å². The van der Waals surface area contributed by atoms with Crippen molar-refractivity contribution in [3.8, 4) is 5.75 Å². The molecule has 1 amide bonds. The van der Waals surface area contributed by atoms with Gasteiger partial charge in [0.05, 0.1) is 29.4 Å².